The van der Waals surface area contributed by atoms with Crippen molar-refractivity contribution >= 4 is 23.7 Å². The van der Waals surface area contributed by atoms with E-state index >= 15 is 0 Å². The fourth-order valence-corrected chi connectivity index (χ4v) is 1.35. The first kappa shape index (κ1) is 9.26. The van der Waals surface area contributed by atoms with Gasteiger partial charge in [0.15, 0.2) is 0 Å². The summed E-state index contributed by atoms with van der Waals surface area (Å²) in [6, 6.07) is 4.97. The highest BCUT2D eigenvalue weighted by Crippen LogP contribution is 2.16. The maximum Gasteiger partial charge on any atom is 0.405 e. The quantitative estimate of drug-likeness (QED) is 0.777. The summed E-state index contributed by atoms with van der Waals surface area (Å²) in [6.45, 7) is -2.86. The van der Waals surface area contributed by atoms with Gasteiger partial charge >= 0.3 is 6.61 Å². The van der Waals surface area contributed by atoms with Crippen LogP contribution in [0.15, 0.2) is 29.4 Å². The van der Waals surface area contributed by atoms with Crippen LogP contribution in [0.5, 0.6) is 0 Å². The average Bonchev–Trinajstić information content (AvgIpc) is 2.47. The standard InChI is InChI=1S/C8H6F2N2OS/c9-8(10)13-12-4-11-6-3-5(14)1-2-7(6)12/h1-4,8,14H. The van der Waals surface area contributed by atoms with Crippen molar-refractivity contribution in [1.82, 2.24) is 9.71 Å². The van der Waals surface area contributed by atoms with Crippen LogP contribution in [0.25, 0.3) is 11.0 Å². The maximum absolute atomic E-state index is 11.9. The van der Waals surface area contributed by atoms with Crippen LogP contribution in [0.1, 0.15) is 0 Å². The summed E-state index contributed by atoms with van der Waals surface area (Å²) in [7, 11) is 0. The Balaban J connectivity index is 2.47. The minimum atomic E-state index is -2.86. The molecule has 74 valence electrons. The van der Waals surface area contributed by atoms with Crippen LogP contribution in [0, 0.1) is 0 Å². The third-order valence-corrected chi connectivity index (χ3v) is 1.97. The number of hydrogen-bond acceptors (Lipinski definition) is 3. The van der Waals surface area contributed by atoms with E-state index in [1.54, 1.807) is 18.2 Å². The third kappa shape index (κ3) is 1.65. The number of fused-ring (bicyclic) bond motifs is 1. The highest BCUT2D eigenvalue weighted by molar-refractivity contribution is 7.80. The number of hydrogen-bond donors (Lipinski definition) is 1. The zero-order valence-corrected chi connectivity index (χ0v) is 7.79. The number of benzene rings is 1. The first-order chi connectivity index (χ1) is 6.66. The molecule has 0 fully saturated rings. The second-order valence-electron chi connectivity index (χ2n) is 2.61. The van der Waals surface area contributed by atoms with Gasteiger partial charge < -0.3 is 4.84 Å². The Labute approximate surface area is 83.7 Å². The lowest BCUT2D eigenvalue weighted by Crippen LogP contribution is -2.15. The van der Waals surface area contributed by atoms with Crippen molar-refractivity contribution in [3.63, 3.8) is 0 Å². The van der Waals surface area contributed by atoms with Gasteiger partial charge in [0.25, 0.3) is 0 Å². The van der Waals surface area contributed by atoms with Gasteiger partial charge in [-0.15, -0.1) is 12.6 Å². The lowest BCUT2D eigenvalue weighted by Gasteiger charge is -2.04. The van der Waals surface area contributed by atoms with Crippen molar-refractivity contribution in [2.45, 2.75) is 11.5 Å². The van der Waals surface area contributed by atoms with Gasteiger partial charge in [-0.3, -0.25) is 0 Å². The number of imidazole rings is 1. The van der Waals surface area contributed by atoms with E-state index in [-0.39, 0.29) is 0 Å². The average molecular weight is 216 g/mol. The van der Waals surface area contributed by atoms with Gasteiger partial charge in [-0.1, -0.05) is 0 Å². The number of rotatable bonds is 2. The summed E-state index contributed by atoms with van der Waals surface area (Å²) in [6.07, 6.45) is 1.20. The molecule has 1 aromatic heterocycles. The Morgan fingerprint density at radius 2 is 2.21 bits per heavy atom. The monoisotopic (exact) mass is 216 g/mol. The zero-order chi connectivity index (χ0) is 10.1. The Morgan fingerprint density at radius 3 is 2.93 bits per heavy atom. The summed E-state index contributed by atoms with van der Waals surface area (Å²) in [5.41, 5.74) is 1.06. The van der Waals surface area contributed by atoms with Crippen molar-refractivity contribution in [3.05, 3.63) is 24.5 Å². The molecule has 0 aliphatic rings. The first-order valence-electron chi connectivity index (χ1n) is 3.78. The SMILES string of the molecule is FC(F)On1cnc2cc(S)ccc21. The lowest BCUT2D eigenvalue weighted by atomic mass is 10.3. The van der Waals surface area contributed by atoms with Crippen LogP contribution in [0.4, 0.5) is 8.78 Å². The van der Waals surface area contributed by atoms with E-state index in [2.05, 4.69) is 22.5 Å². The topological polar surface area (TPSA) is 27.1 Å². The van der Waals surface area contributed by atoms with E-state index in [4.69, 9.17) is 0 Å². The predicted octanol–water partition coefficient (Wildman–Crippen LogP) is 1.98. The molecule has 0 spiro atoms. The van der Waals surface area contributed by atoms with Crippen LogP contribution in [-0.4, -0.2) is 16.3 Å². The lowest BCUT2D eigenvalue weighted by molar-refractivity contribution is -0.129. The molecule has 0 aliphatic carbocycles. The first-order valence-corrected chi connectivity index (χ1v) is 4.23. The van der Waals surface area contributed by atoms with Gasteiger partial charge in [0.05, 0.1) is 5.52 Å². The summed E-state index contributed by atoms with van der Waals surface area (Å²) >= 11 is 4.10. The molecule has 0 atom stereocenters. The van der Waals surface area contributed by atoms with E-state index in [0.29, 0.717) is 11.0 Å². The van der Waals surface area contributed by atoms with Gasteiger partial charge in [-0.05, 0) is 18.2 Å². The largest absolute Gasteiger partial charge is 0.405 e. The van der Waals surface area contributed by atoms with E-state index in [1.165, 1.54) is 6.33 Å². The van der Waals surface area contributed by atoms with Crippen molar-refractivity contribution < 1.29 is 13.6 Å². The predicted molar refractivity (Wildman–Crippen MR) is 49.6 cm³/mol. The Hall–Kier alpha value is -1.30. The summed E-state index contributed by atoms with van der Waals surface area (Å²) in [5.74, 6) is 0. The molecule has 2 rings (SSSR count). The molecule has 3 nitrogen and oxygen atoms in total. The number of alkyl halides is 2. The molecule has 6 heteroatoms. The van der Waals surface area contributed by atoms with Crippen LogP contribution >= 0.6 is 12.6 Å². The molecule has 0 saturated heterocycles. The van der Waals surface area contributed by atoms with Crippen molar-refractivity contribution in [2.24, 2.45) is 0 Å². The molecule has 1 aromatic carbocycles. The minimum absolute atomic E-state index is 0.489. The van der Waals surface area contributed by atoms with Crippen LogP contribution < -0.4 is 4.84 Å². The maximum atomic E-state index is 11.9. The summed E-state index contributed by atoms with van der Waals surface area (Å²) < 4.78 is 24.8. The molecule has 0 aliphatic heterocycles. The van der Waals surface area contributed by atoms with Gasteiger partial charge in [0.2, 0.25) is 0 Å². The molecule has 0 N–H and O–H groups in total. The fourth-order valence-electron chi connectivity index (χ4n) is 1.15. The second-order valence-corrected chi connectivity index (χ2v) is 3.13. The zero-order valence-electron chi connectivity index (χ0n) is 6.89. The van der Waals surface area contributed by atoms with E-state index < -0.39 is 6.61 Å². The molecular formula is C8H6F2N2OS. The van der Waals surface area contributed by atoms with Crippen molar-refractivity contribution in [2.75, 3.05) is 0 Å². The normalized spacial score (nSPS) is 11.1. The third-order valence-electron chi connectivity index (χ3n) is 1.69. The number of nitrogens with zero attached hydrogens (tertiary/aromatic N) is 2. The number of thiol groups is 1. The second kappa shape index (κ2) is 3.45. The molecule has 14 heavy (non-hydrogen) atoms. The van der Waals surface area contributed by atoms with E-state index in [1.807, 2.05) is 0 Å². The molecule has 1 heterocycles. The van der Waals surface area contributed by atoms with Gasteiger partial charge in [0.1, 0.15) is 11.8 Å². The molecule has 0 amide bonds. The smallest absolute Gasteiger partial charge is 0.342 e. The Morgan fingerprint density at radius 1 is 1.43 bits per heavy atom. The number of halogens is 2. The van der Waals surface area contributed by atoms with E-state index in [0.717, 1.165) is 9.63 Å². The van der Waals surface area contributed by atoms with Gasteiger partial charge in [0, 0.05) is 4.90 Å². The molecule has 2 aromatic rings. The molecule has 0 unspecified atom stereocenters. The van der Waals surface area contributed by atoms with Gasteiger partial charge in [-0.2, -0.15) is 13.5 Å². The van der Waals surface area contributed by atoms with Crippen molar-refractivity contribution in [1.29, 1.82) is 0 Å². The highest BCUT2D eigenvalue weighted by atomic mass is 32.1. The molecule has 0 saturated carbocycles. The highest BCUT2D eigenvalue weighted by Gasteiger charge is 2.08. The van der Waals surface area contributed by atoms with Crippen LogP contribution in [-0.2, 0) is 0 Å². The summed E-state index contributed by atoms with van der Waals surface area (Å²) in [4.78, 5) is 8.81. The van der Waals surface area contributed by atoms with Gasteiger partial charge in [-0.25, -0.2) is 4.98 Å². The van der Waals surface area contributed by atoms with Crippen LogP contribution in [0.2, 0.25) is 0 Å². The fraction of sp³-hybridized carbons (Fsp3) is 0.125. The Bertz CT molecular complexity index is 458. The van der Waals surface area contributed by atoms with E-state index in [9.17, 15) is 8.78 Å². The molecular weight excluding hydrogens is 210 g/mol. The number of aromatic nitrogens is 2. The minimum Gasteiger partial charge on any atom is -0.342 e. The van der Waals surface area contributed by atoms with Crippen LogP contribution in [0.3, 0.4) is 0 Å². The summed E-state index contributed by atoms with van der Waals surface area (Å²) in [5, 5.41) is 0. The Kier molecular flexibility index (Phi) is 2.28. The molecule has 0 radical (unpaired) electrons. The molecule has 0 bridgehead atoms. The van der Waals surface area contributed by atoms with Crippen molar-refractivity contribution in [3.8, 4) is 0 Å².